The van der Waals surface area contributed by atoms with Gasteiger partial charge in [0.25, 0.3) is 0 Å². The number of rotatable bonds is 1. The van der Waals surface area contributed by atoms with E-state index in [2.05, 4.69) is 25.3 Å². The molecule has 2 spiro atoms. The Labute approximate surface area is 156 Å². The Kier molecular flexibility index (Phi) is 2.92. The first-order chi connectivity index (χ1) is 12.3. The molecule has 3 N–H and O–H groups in total. The quantitative estimate of drug-likeness (QED) is 0.625. The van der Waals surface area contributed by atoms with Gasteiger partial charge in [-0.3, -0.25) is 4.90 Å². The number of hydrogen-bond acceptors (Lipinski definition) is 4. The van der Waals surface area contributed by atoms with Crippen molar-refractivity contribution in [2.45, 2.75) is 70.3 Å². The van der Waals surface area contributed by atoms with E-state index in [1.165, 1.54) is 0 Å². The molecule has 0 aromatic carbocycles. The Morgan fingerprint density at radius 3 is 2.69 bits per heavy atom. The summed E-state index contributed by atoms with van der Waals surface area (Å²) in [5.41, 5.74) is 0.616. The lowest BCUT2D eigenvalue weighted by Gasteiger charge is -2.69. The maximum atomic E-state index is 11.5. The SMILES string of the molecule is C=C1[C@@H](O)C23CC[C@@H]1[C@H](O)[C@H]2C12C(O)CCC4(C)CN(CC)[C@@H]1[C@H]3C[C@@H]42. The molecule has 7 rings (SSSR count). The van der Waals surface area contributed by atoms with Gasteiger partial charge in [0.05, 0.1) is 18.3 Å². The normalized spacial score (nSPS) is 65.5. The monoisotopic (exact) mass is 359 g/mol. The van der Waals surface area contributed by atoms with Gasteiger partial charge in [0.2, 0.25) is 0 Å². The van der Waals surface area contributed by atoms with E-state index in [1.807, 2.05) is 0 Å². The maximum absolute atomic E-state index is 11.5. The minimum absolute atomic E-state index is 0.0155. The molecule has 4 heteroatoms. The molecule has 1 saturated heterocycles. The van der Waals surface area contributed by atoms with Gasteiger partial charge < -0.3 is 15.3 Å². The lowest BCUT2D eigenvalue weighted by atomic mass is 9.38. The minimum Gasteiger partial charge on any atom is -0.392 e. The molecule has 1 heterocycles. The van der Waals surface area contributed by atoms with Gasteiger partial charge in [0.15, 0.2) is 0 Å². The summed E-state index contributed by atoms with van der Waals surface area (Å²) >= 11 is 0. The average Bonchev–Trinajstić information content (AvgIpc) is 3.06. The van der Waals surface area contributed by atoms with E-state index < -0.39 is 12.2 Å². The van der Waals surface area contributed by atoms with E-state index in [9.17, 15) is 15.3 Å². The van der Waals surface area contributed by atoms with Crippen LogP contribution in [0.1, 0.15) is 46.0 Å². The van der Waals surface area contributed by atoms with Gasteiger partial charge in [0.1, 0.15) is 0 Å². The third kappa shape index (κ3) is 1.34. The fourth-order valence-electron chi connectivity index (χ4n) is 10.0. The molecule has 7 bridgehead atoms. The number of fused-ring (bicyclic) bond motifs is 2. The second-order valence-electron chi connectivity index (χ2n) is 10.8. The largest absolute Gasteiger partial charge is 0.392 e. The summed E-state index contributed by atoms with van der Waals surface area (Å²) in [6, 6.07) is 0.319. The predicted octanol–water partition coefficient (Wildman–Crippen LogP) is 1.79. The highest BCUT2D eigenvalue weighted by molar-refractivity contribution is 5.39. The van der Waals surface area contributed by atoms with E-state index >= 15 is 0 Å². The molecular formula is C22H33NO3. The fourth-order valence-corrected chi connectivity index (χ4v) is 10.0. The second kappa shape index (κ2) is 4.59. The third-order valence-electron chi connectivity index (χ3n) is 10.5. The topological polar surface area (TPSA) is 63.9 Å². The first-order valence-corrected chi connectivity index (χ1v) is 10.8. The maximum Gasteiger partial charge on any atom is 0.0814 e. The van der Waals surface area contributed by atoms with E-state index in [0.29, 0.717) is 17.9 Å². The summed E-state index contributed by atoms with van der Waals surface area (Å²) < 4.78 is 0. The molecule has 0 aromatic rings. The van der Waals surface area contributed by atoms with Gasteiger partial charge in [-0.2, -0.15) is 0 Å². The standard InChI is InChI=1S/C22H33NO3/c1-4-23-10-20(3)7-6-15(24)22-14(20)9-13(18(22)23)21-8-5-12(11(2)19(21)26)16(25)17(21)22/h12-19,24-26H,2,4-10H2,1,3H3/t12-,13+,14-,15?,16-,17+,18+,19+,20?,21?,22?/m0/s1. The van der Waals surface area contributed by atoms with Crippen molar-refractivity contribution in [2.24, 2.45) is 39.9 Å². The van der Waals surface area contributed by atoms with Crippen LogP contribution < -0.4 is 0 Å². The van der Waals surface area contributed by atoms with Crippen LogP contribution >= 0.6 is 0 Å². The lowest BCUT2D eigenvalue weighted by Crippen LogP contribution is -2.72. The molecule has 0 aromatic heterocycles. The number of piperidine rings is 1. The van der Waals surface area contributed by atoms with E-state index in [0.717, 1.165) is 50.8 Å². The van der Waals surface area contributed by atoms with Crippen molar-refractivity contribution in [1.29, 1.82) is 0 Å². The lowest BCUT2D eigenvalue weighted by molar-refractivity contribution is -0.256. The minimum atomic E-state index is -0.500. The van der Waals surface area contributed by atoms with Crippen LogP contribution in [0.3, 0.4) is 0 Å². The van der Waals surface area contributed by atoms with Crippen molar-refractivity contribution < 1.29 is 15.3 Å². The third-order valence-corrected chi connectivity index (χ3v) is 10.5. The Hall–Kier alpha value is -0.420. The molecule has 0 radical (unpaired) electrons. The molecule has 144 valence electrons. The van der Waals surface area contributed by atoms with Crippen LogP contribution in [0, 0.1) is 39.9 Å². The van der Waals surface area contributed by atoms with E-state index in [4.69, 9.17) is 0 Å². The summed E-state index contributed by atoms with van der Waals surface area (Å²) in [6.45, 7) is 11.0. The van der Waals surface area contributed by atoms with Gasteiger partial charge in [-0.15, -0.1) is 0 Å². The van der Waals surface area contributed by atoms with Crippen molar-refractivity contribution >= 4 is 0 Å². The number of aliphatic hydroxyl groups is 3. The Morgan fingerprint density at radius 2 is 1.96 bits per heavy atom. The van der Waals surface area contributed by atoms with Gasteiger partial charge in [-0.25, -0.2) is 0 Å². The Morgan fingerprint density at radius 1 is 1.19 bits per heavy atom. The zero-order chi connectivity index (χ0) is 18.2. The number of aliphatic hydroxyl groups excluding tert-OH is 3. The van der Waals surface area contributed by atoms with Gasteiger partial charge >= 0.3 is 0 Å². The first-order valence-electron chi connectivity index (χ1n) is 10.8. The number of hydrogen-bond donors (Lipinski definition) is 3. The van der Waals surface area contributed by atoms with Crippen LogP contribution in [0.5, 0.6) is 0 Å². The molecule has 4 nitrogen and oxygen atoms in total. The van der Waals surface area contributed by atoms with Crippen LogP contribution in [-0.4, -0.2) is 57.7 Å². The first kappa shape index (κ1) is 16.5. The van der Waals surface area contributed by atoms with Crippen molar-refractivity contribution in [3.8, 4) is 0 Å². The highest BCUT2D eigenvalue weighted by Crippen LogP contribution is 2.83. The zero-order valence-corrected chi connectivity index (χ0v) is 16.1. The molecule has 6 aliphatic carbocycles. The van der Waals surface area contributed by atoms with E-state index in [-0.39, 0.29) is 34.2 Å². The number of nitrogens with zero attached hydrogens (tertiary/aromatic N) is 1. The van der Waals surface area contributed by atoms with Crippen LogP contribution in [-0.2, 0) is 0 Å². The molecule has 7 aliphatic rings. The van der Waals surface area contributed by atoms with Gasteiger partial charge in [-0.1, -0.05) is 20.4 Å². The van der Waals surface area contributed by atoms with Crippen LogP contribution in [0.4, 0.5) is 0 Å². The molecular weight excluding hydrogens is 326 g/mol. The van der Waals surface area contributed by atoms with Crippen LogP contribution in [0.15, 0.2) is 12.2 Å². The molecule has 4 unspecified atom stereocenters. The second-order valence-corrected chi connectivity index (χ2v) is 10.8. The molecule has 11 atom stereocenters. The summed E-state index contributed by atoms with van der Waals surface area (Å²) in [5.74, 6) is 0.921. The smallest absolute Gasteiger partial charge is 0.0814 e. The van der Waals surface area contributed by atoms with Crippen molar-refractivity contribution in [1.82, 2.24) is 4.90 Å². The van der Waals surface area contributed by atoms with Gasteiger partial charge in [-0.05, 0) is 61.5 Å². The summed E-state index contributed by atoms with van der Waals surface area (Å²) in [7, 11) is 0. The Balaban J connectivity index is 1.63. The van der Waals surface area contributed by atoms with Crippen LogP contribution in [0.25, 0.3) is 0 Å². The van der Waals surface area contributed by atoms with Crippen molar-refractivity contribution in [2.75, 3.05) is 13.1 Å². The molecule has 0 amide bonds. The fraction of sp³-hybridized carbons (Fsp3) is 0.909. The van der Waals surface area contributed by atoms with Crippen molar-refractivity contribution in [3.05, 3.63) is 12.2 Å². The van der Waals surface area contributed by atoms with Gasteiger partial charge in [0, 0.05) is 35.3 Å². The number of likely N-dealkylation sites (tertiary alicyclic amines) is 1. The molecule has 26 heavy (non-hydrogen) atoms. The summed E-state index contributed by atoms with van der Waals surface area (Å²) in [4.78, 5) is 2.62. The summed E-state index contributed by atoms with van der Waals surface area (Å²) in [6.07, 6.45) is 3.73. The highest BCUT2D eigenvalue weighted by atomic mass is 16.3. The van der Waals surface area contributed by atoms with Crippen LogP contribution in [0.2, 0.25) is 0 Å². The zero-order valence-electron chi connectivity index (χ0n) is 16.1. The molecule has 1 aliphatic heterocycles. The predicted molar refractivity (Wildman–Crippen MR) is 98.2 cm³/mol. The summed E-state index contributed by atoms with van der Waals surface area (Å²) in [5, 5.41) is 34.4. The Bertz CT molecular complexity index is 695. The average molecular weight is 360 g/mol. The van der Waals surface area contributed by atoms with Crippen molar-refractivity contribution in [3.63, 3.8) is 0 Å². The van der Waals surface area contributed by atoms with E-state index in [1.54, 1.807) is 0 Å². The molecule has 6 saturated carbocycles. The highest BCUT2D eigenvalue weighted by Gasteiger charge is 2.86. The molecule has 7 fully saturated rings.